The Hall–Kier alpha value is -1.71. The van der Waals surface area contributed by atoms with E-state index in [0.29, 0.717) is 43.6 Å². The van der Waals surface area contributed by atoms with Gasteiger partial charge in [0.25, 0.3) is 0 Å². The molecule has 7 heteroatoms. The van der Waals surface area contributed by atoms with Gasteiger partial charge in [-0.1, -0.05) is 0 Å². The number of rotatable bonds is 5. The first-order valence-electron chi connectivity index (χ1n) is 6.91. The third-order valence-corrected chi connectivity index (χ3v) is 3.10. The van der Waals surface area contributed by atoms with Crippen molar-refractivity contribution in [1.82, 2.24) is 0 Å². The van der Waals surface area contributed by atoms with Gasteiger partial charge in [-0.25, -0.2) is 0 Å². The molecular formula is C14H20ClN3O3. The predicted molar refractivity (Wildman–Crippen MR) is 76.6 cm³/mol. The van der Waals surface area contributed by atoms with Gasteiger partial charge in [-0.05, 0) is 13.8 Å². The molecule has 0 N–H and O–H groups in total. The lowest BCUT2D eigenvalue weighted by atomic mass is 10.2. The van der Waals surface area contributed by atoms with Crippen LogP contribution in [-0.4, -0.2) is 39.5 Å². The monoisotopic (exact) mass is 313 g/mol. The maximum atomic E-state index is 9.09. The van der Waals surface area contributed by atoms with Gasteiger partial charge in [0.05, 0.1) is 38.2 Å². The summed E-state index contributed by atoms with van der Waals surface area (Å²) >= 11 is 0. The third-order valence-electron chi connectivity index (χ3n) is 3.10. The molecule has 0 saturated carbocycles. The van der Waals surface area contributed by atoms with Gasteiger partial charge < -0.3 is 31.5 Å². The van der Waals surface area contributed by atoms with Crippen molar-refractivity contribution in [3.8, 4) is 11.5 Å². The molecule has 21 heavy (non-hydrogen) atoms. The quantitative estimate of drug-likeness (QED) is 0.705. The first-order valence-corrected chi connectivity index (χ1v) is 6.91. The summed E-state index contributed by atoms with van der Waals surface area (Å²) in [7, 11) is 0. The number of ether oxygens (including phenoxy) is 3. The van der Waals surface area contributed by atoms with E-state index < -0.39 is 0 Å². The summed E-state index contributed by atoms with van der Waals surface area (Å²) in [4.78, 5) is 5.46. The number of anilines is 1. The average molecular weight is 314 g/mol. The zero-order chi connectivity index (χ0) is 14.4. The molecule has 1 aliphatic rings. The summed E-state index contributed by atoms with van der Waals surface area (Å²) < 4.78 is 16.6. The fourth-order valence-electron chi connectivity index (χ4n) is 2.21. The van der Waals surface area contributed by atoms with Gasteiger partial charge in [0.2, 0.25) is 11.1 Å². The number of benzene rings is 1. The minimum atomic E-state index is 0. The number of halogens is 1. The first kappa shape index (κ1) is 17.3. The van der Waals surface area contributed by atoms with Gasteiger partial charge in [-0.2, -0.15) is 0 Å². The highest BCUT2D eigenvalue weighted by Crippen LogP contribution is 2.40. The Kier molecular flexibility index (Phi) is 7.06. The van der Waals surface area contributed by atoms with Crippen LogP contribution in [0.2, 0.25) is 0 Å². The minimum Gasteiger partial charge on any atom is -1.00 e. The van der Waals surface area contributed by atoms with E-state index in [0.717, 1.165) is 18.8 Å². The lowest BCUT2D eigenvalue weighted by molar-refractivity contribution is -0.00000621. The van der Waals surface area contributed by atoms with Crippen molar-refractivity contribution >= 4 is 11.4 Å². The normalized spacial score (nSPS) is 14.0. The lowest BCUT2D eigenvalue weighted by Gasteiger charge is -2.30. The summed E-state index contributed by atoms with van der Waals surface area (Å²) in [5, 5.41) is 9.09. The number of morpholine rings is 1. The van der Waals surface area contributed by atoms with E-state index in [1.165, 1.54) is 0 Å². The van der Waals surface area contributed by atoms with Crippen molar-refractivity contribution in [1.29, 1.82) is 5.39 Å². The summed E-state index contributed by atoms with van der Waals surface area (Å²) in [5.74, 6) is 1.26. The summed E-state index contributed by atoms with van der Waals surface area (Å²) in [6.45, 7) is 7.89. The molecule has 0 aliphatic carbocycles. The van der Waals surface area contributed by atoms with Crippen molar-refractivity contribution in [2.45, 2.75) is 13.8 Å². The summed E-state index contributed by atoms with van der Waals surface area (Å²) in [6, 6.07) is 3.58. The minimum absolute atomic E-state index is 0. The Balaban J connectivity index is 0.00000220. The second kappa shape index (κ2) is 8.55. The Bertz CT molecular complexity index is 499. The number of nitrogens with zero attached hydrogens (tertiary/aromatic N) is 3. The molecule has 0 unspecified atom stereocenters. The van der Waals surface area contributed by atoms with Crippen LogP contribution in [0.15, 0.2) is 12.1 Å². The Morgan fingerprint density at radius 2 is 1.76 bits per heavy atom. The van der Waals surface area contributed by atoms with Crippen LogP contribution in [0.25, 0.3) is 4.98 Å². The summed E-state index contributed by atoms with van der Waals surface area (Å²) in [6.07, 6.45) is 0. The number of hydrogen-bond acceptors (Lipinski definition) is 5. The van der Waals surface area contributed by atoms with Gasteiger partial charge >= 0.3 is 5.69 Å². The molecule has 0 spiro atoms. The molecule has 6 nitrogen and oxygen atoms in total. The zero-order valence-corrected chi connectivity index (χ0v) is 13.1. The van der Waals surface area contributed by atoms with E-state index in [-0.39, 0.29) is 12.4 Å². The highest BCUT2D eigenvalue weighted by molar-refractivity contribution is 5.72. The van der Waals surface area contributed by atoms with Crippen LogP contribution in [0, 0.1) is 5.39 Å². The lowest BCUT2D eigenvalue weighted by Crippen LogP contribution is -3.00. The van der Waals surface area contributed by atoms with E-state index in [4.69, 9.17) is 19.6 Å². The van der Waals surface area contributed by atoms with Gasteiger partial charge in [0.1, 0.15) is 0 Å². The molecule has 0 bridgehead atoms. The molecule has 1 aromatic carbocycles. The van der Waals surface area contributed by atoms with Gasteiger partial charge in [0.15, 0.2) is 10.7 Å². The number of hydrogen-bond donors (Lipinski definition) is 0. The van der Waals surface area contributed by atoms with Crippen LogP contribution in [-0.2, 0) is 4.74 Å². The standard InChI is InChI=1S/C14H20N3O3.ClH/c1-3-19-13-10-12(17-5-7-18-8-6-17)14(20-4-2)9-11(13)16-15;/h9-10H,3-8H2,1-2H3;1H/q+1;/p-1. The van der Waals surface area contributed by atoms with Gasteiger partial charge in [0, 0.05) is 19.2 Å². The molecule has 0 amide bonds. The molecule has 1 aromatic rings. The Labute approximate surface area is 131 Å². The van der Waals surface area contributed by atoms with Crippen LogP contribution in [0.1, 0.15) is 13.8 Å². The summed E-state index contributed by atoms with van der Waals surface area (Å²) in [5.41, 5.74) is 1.33. The highest BCUT2D eigenvalue weighted by atomic mass is 35.5. The van der Waals surface area contributed by atoms with E-state index in [1.54, 1.807) is 6.07 Å². The fourth-order valence-corrected chi connectivity index (χ4v) is 2.21. The molecule has 1 saturated heterocycles. The molecule has 116 valence electrons. The molecule has 0 atom stereocenters. The first-order chi connectivity index (χ1) is 9.80. The zero-order valence-electron chi connectivity index (χ0n) is 12.3. The maximum absolute atomic E-state index is 9.09. The van der Waals surface area contributed by atoms with Crippen LogP contribution >= 0.6 is 0 Å². The molecule has 1 heterocycles. The van der Waals surface area contributed by atoms with Crippen LogP contribution in [0.5, 0.6) is 11.5 Å². The van der Waals surface area contributed by atoms with E-state index in [1.807, 2.05) is 19.9 Å². The molecule has 0 radical (unpaired) electrons. The largest absolute Gasteiger partial charge is 1.00 e. The highest BCUT2D eigenvalue weighted by Gasteiger charge is 2.24. The van der Waals surface area contributed by atoms with E-state index in [2.05, 4.69) is 9.88 Å². The third kappa shape index (κ3) is 4.13. The Morgan fingerprint density at radius 1 is 1.14 bits per heavy atom. The van der Waals surface area contributed by atoms with Crippen molar-refractivity contribution in [3.63, 3.8) is 0 Å². The number of diazo groups is 1. The predicted octanol–water partition coefficient (Wildman–Crippen LogP) is -0.191. The van der Waals surface area contributed by atoms with Crippen molar-refractivity contribution in [3.05, 3.63) is 17.1 Å². The van der Waals surface area contributed by atoms with E-state index in [9.17, 15) is 0 Å². The maximum Gasteiger partial charge on any atom is 0.430 e. The van der Waals surface area contributed by atoms with Crippen molar-refractivity contribution in [2.75, 3.05) is 44.4 Å². The second-order valence-corrected chi connectivity index (χ2v) is 4.35. The molecule has 1 aliphatic heterocycles. The average Bonchev–Trinajstić information content (AvgIpc) is 2.49. The van der Waals surface area contributed by atoms with E-state index >= 15 is 0 Å². The topological polar surface area (TPSA) is 59.1 Å². The van der Waals surface area contributed by atoms with Gasteiger partial charge in [-0.15, -0.1) is 0 Å². The molecule has 0 aromatic heterocycles. The Morgan fingerprint density at radius 3 is 2.33 bits per heavy atom. The van der Waals surface area contributed by atoms with Crippen LogP contribution < -0.4 is 26.8 Å². The van der Waals surface area contributed by atoms with Gasteiger partial charge in [-0.3, -0.25) is 0 Å². The second-order valence-electron chi connectivity index (χ2n) is 4.35. The van der Waals surface area contributed by atoms with Crippen molar-refractivity contribution < 1.29 is 26.6 Å². The fraction of sp³-hybridized carbons (Fsp3) is 0.571. The van der Waals surface area contributed by atoms with Crippen LogP contribution in [0.3, 0.4) is 0 Å². The smallest absolute Gasteiger partial charge is 0.430 e. The SMILES string of the molecule is CCOc1cc(N2CCOCC2)c(OCC)cc1[N+]#N.[Cl-]. The van der Waals surface area contributed by atoms with Crippen LogP contribution in [0.4, 0.5) is 11.4 Å². The molecular weight excluding hydrogens is 294 g/mol. The van der Waals surface area contributed by atoms with Crippen molar-refractivity contribution in [2.24, 2.45) is 0 Å². The molecule has 2 rings (SSSR count). The molecule has 1 fully saturated rings.